The van der Waals surface area contributed by atoms with Crippen molar-refractivity contribution in [1.29, 1.82) is 0 Å². The van der Waals surface area contributed by atoms with Crippen molar-refractivity contribution in [2.45, 2.75) is 12.3 Å². The first-order chi connectivity index (χ1) is 16.2. The van der Waals surface area contributed by atoms with E-state index in [4.69, 9.17) is 15.9 Å². The Morgan fingerprint density at radius 2 is 1.12 bits per heavy atom. The summed E-state index contributed by atoms with van der Waals surface area (Å²) >= 11 is 0. The van der Waals surface area contributed by atoms with Gasteiger partial charge in [-0.2, -0.15) is 0 Å². The third-order valence-electron chi connectivity index (χ3n) is 6.15. The van der Waals surface area contributed by atoms with Gasteiger partial charge in [0, 0.05) is 28.4 Å². The van der Waals surface area contributed by atoms with Gasteiger partial charge in [0.25, 0.3) is 0 Å². The fourth-order valence-electron chi connectivity index (χ4n) is 4.39. The van der Waals surface area contributed by atoms with E-state index in [2.05, 4.69) is 48.5 Å². The van der Waals surface area contributed by atoms with Crippen molar-refractivity contribution >= 4 is 11.4 Å². The zero-order chi connectivity index (χ0) is 22.6. The van der Waals surface area contributed by atoms with E-state index < -0.39 is 0 Å². The van der Waals surface area contributed by atoms with Crippen molar-refractivity contribution in [2.24, 2.45) is 0 Å². The lowest BCUT2D eigenvalue weighted by atomic mass is 9.83. The molecule has 4 N–H and O–H groups in total. The van der Waals surface area contributed by atoms with Crippen LogP contribution in [0.5, 0.6) is 0 Å². The van der Waals surface area contributed by atoms with Crippen LogP contribution in [0.4, 0.5) is 11.4 Å². The molecule has 0 bridgehead atoms. The topological polar surface area (TPSA) is 65.2 Å². The SMILES string of the molecule is Nc1ccc(C(Cc2ccoc2)c2ccc(N)c(-c3ccccc3)c2)cc1-c1ccccc1. The van der Waals surface area contributed by atoms with Crippen LogP contribution in [0.25, 0.3) is 22.3 Å². The van der Waals surface area contributed by atoms with E-state index in [0.717, 1.165) is 45.6 Å². The molecule has 1 heterocycles. The first-order valence-electron chi connectivity index (χ1n) is 11.1. The van der Waals surface area contributed by atoms with Crippen molar-refractivity contribution in [1.82, 2.24) is 0 Å². The number of benzene rings is 4. The first kappa shape index (κ1) is 20.7. The molecule has 33 heavy (non-hydrogen) atoms. The second-order valence-corrected chi connectivity index (χ2v) is 8.31. The minimum atomic E-state index is 0.119. The largest absolute Gasteiger partial charge is 0.472 e. The van der Waals surface area contributed by atoms with Crippen LogP contribution in [0.3, 0.4) is 0 Å². The molecule has 0 unspecified atom stereocenters. The van der Waals surface area contributed by atoms with Crippen LogP contribution in [-0.2, 0) is 6.42 Å². The van der Waals surface area contributed by atoms with Gasteiger partial charge in [-0.3, -0.25) is 0 Å². The number of nitrogens with two attached hydrogens (primary N) is 2. The van der Waals surface area contributed by atoms with Gasteiger partial charge in [-0.05, 0) is 64.6 Å². The number of anilines is 2. The highest BCUT2D eigenvalue weighted by Gasteiger charge is 2.19. The quantitative estimate of drug-likeness (QED) is 0.281. The van der Waals surface area contributed by atoms with Gasteiger partial charge in [-0.25, -0.2) is 0 Å². The summed E-state index contributed by atoms with van der Waals surface area (Å²) in [5.74, 6) is 0.119. The van der Waals surface area contributed by atoms with Gasteiger partial charge in [-0.1, -0.05) is 72.8 Å². The van der Waals surface area contributed by atoms with E-state index >= 15 is 0 Å². The molecule has 3 nitrogen and oxygen atoms in total. The van der Waals surface area contributed by atoms with Crippen LogP contribution < -0.4 is 11.5 Å². The zero-order valence-electron chi connectivity index (χ0n) is 18.3. The molecule has 5 aromatic rings. The van der Waals surface area contributed by atoms with Crippen LogP contribution in [0.15, 0.2) is 120 Å². The molecule has 5 rings (SSSR count). The maximum atomic E-state index is 6.38. The molecular weight excluding hydrogens is 404 g/mol. The number of hydrogen-bond acceptors (Lipinski definition) is 3. The highest BCUT2D eigenvalue weighted by Crippen LogP contribution is 2.37. The molecule has 3 heteroatoms. The Balaban J connectivity index is 1.63. The molecule has 0 aliphatic carbocycles. The number of furan rings is 1. The number of nitrogen functional groups attached to an aromatic ring is 2. The monoisotopic (exact) mass is 430 g/mol. The van der Waals surface area contributed by atoms with Gasteiger partial charge in [0.05, 0.1) is 12.5 Å². The highest BCUT2D eigenvalue weighted by molar-refractivity contribution is 5.79. The van der Waals surface area contributed by atoms with E-state index in [1.54, 1.807) is 6.26 Å². The third-order valence-corrected chi connectivity index (χ3v) is 6.15. The fraction of sp³-hybridized carbons (Fsp3) is 0.0667. The summed E-state index contributed by atoms with van der Waals surface area (Å²) in [4.78, 5) is 0. The molecule has 0 aliphatic heterocycles. The second-order valence-electron chi connectivity index (χ2n) is 8.31. The van der Waals surface area contributed by atoms with Gasteiger partial charge in [0.15, 0.2) is 0 Å². The third kappa shape index (κ3) is 4.39. The highest BCUT2D eigenvalue weighted by atomic mass is 16.3. The normalized spacial score (nSPS) is 11.1. The Morgan fingerprint density at radius 1 is 0.606 bits per heavy atom. The van der Waals surface area contributed by atoms with Crippen molar-refractivity contribution in [3.05, 3.63) is 132 Å². The fourth-order valence-corrected chi connectivity index (χ4v) is 4.39. The lowest BCUT2D eigenvalue weighted by Crippen LogP contribution is -2.07. The Morgan fingerprint density at radius 3 is 1.58 bits per heavy atom. The molecule has 0 aliphatic rings. The summed E-state index contributed by atoms with van der Waals surface area (Å²) in [5.41, 5.74) is 22.2. The molecule has 0 saturated heterocycles. The molecule has 0 spiro atoms. The van der Waals surface area contributed by atoms with E-state index in [9.17, 15) is 0 Å². The van der Waals surface area contributed by atoms with Gasteiger partial charge >= 0.3 is 0 Å². The predicted octanol–water partition coefficient (Wildman–Crippen LogP) is 7.15. The van der Waals surface area contributed by atoms with Crippen LogP contribution in [0.1, 0.15) is 22.6 Å². The van der Waals surface area contributed by atoms with Crippen molar-refractivity contribution in [3.8, 4) is 22.3 Å². The van der Waals surface area contributed by atoms with E-state index in [1.807, 2.05) is 60.9 Å². The maximum Gasteiger partial charge on any atom is 0.0934 e. The predicted molar refractivity (Wildman–Crippen MR) is 137 cm³/mol. The molecule has 0 atom stereocenters. The zero-order valence-corrected chi connectivity index (χ0v) is 18.3. The Kier molecular flexibility index (Phi) is 5.69. The van der Waals surface area contributed by atoms with Crippen LogP contribution in [-0.4, -0.2) is 0 Å². The van der Waals surface area contributed by atoms with Crippen LogP contribution in [0, 0.1) is 0 Å². The smallest absolute Gasteiger partial charge is 0.0934 e. The van der Waals surface area contributed by atoms with E-state index in [1.165, 1.54) is 11.1 Å². The average molecular weight is 431 g/mol. The summed E-state index contributed by atoms with van der Waals surface area (Å²) in [6.45, 7) is 0. The Hall–Kier alpha value is -4.24. The molecule has 162 valence electrons. The van der Waals surface area contributed by atoms with Gasteiger partial charge in [-0.15, -0.1) is 0 Å². The molecular formula is C30H26N2O. The summed E-state index contributed by atoms with van der Waals surface area (Å²) in [6, 6.07) is 35.3. The van der Waals surface area contributed by atoms with Gasteiger partial charge < -0.3 is 15.9 Å². The number of rotatable bonds is 6. The van der Waals surface area contributed by atoms with Crippen molar-refractivity contribution in [3.63, 3.8) is 0 Å². The summed E-state index contributed by atoms with van der Waals surface area (Å²) in [5, 5.41) is 0. The molecule has 0 fully saturated rings. The second kappa shape index (κ2) is 9.09. The summed E-state index contributed by atoms with van der Waals surface area (Å²) in [6.07, 6.45) is 4.35. The van der Waals surface area contributed by atoms with Gasteiger partial charge in [0.1, 0.15) is 0 Å². The molecule has 0 radical (unpaired) electrons. The Bertz CT molecular complexity index is 1250. The number of hydrogen-bond donors (Lipinski definition) is 2. The van der Waals surface area contributed by atoms with E-state index in [0.29, 0.717) is 0 Å². The molecule has 4 aromatic carbocycles. The molecule has 1 aromatic heterocycles. The van der Waals surface area contributed by atoms with Crippen LogP contribution >= 0.6 is 0 Å². The summed E-state index contributed by atoms with van der Waals surface area (Å²) in [7, 11) is 0. The first-order valence-corrected chi connectivity index (χ1v) is 11.1. The average Bonchev–Trinajstić information content (AvgIpc) is 3.38. The standard InChI is InChI=1S/C30H26N2O/c31-29-13-11-24(18-27(29)22-7-3-1-4-8-22)26(17-21-15-16-33-20-21)25-12-14-30(32)28(19-25)23-9-5-2-6-10-23/h1-16,18-20,26H,17,31-32H2. The Labute approximate surface area is 194 Å². The van der Waals surface area contributed by atoms with Crippen molar-refractivity contribution < 1.29 is 4.42 Å². The minimum Gasteiger partial charge on any atom is -0.472 e. The van der Waals surface area contributed by atoms with Crippen LogP contribution in [0.2, 0.25) is 0 Å². The summed E-state index contributed by atoms with van der Waals surface area (Å²) < 4.78 is 5.37. The lowest BCUT2D eigenvalue weighted by Gasteiger charge is -2.21. The molecule has 0 amide bonds. The maximum absolute atomic E-state index is 6.38. The lowest BCUT2D eigenvalue weighted by molar-refractivity contribution is 0.562. The van der Waals surface area contributed by atoms with Crippen molar-refractivity contribution in [2.75, 3.05) is 11.5 Å². The minimum absolute atomic E-state index is 0.119. The molecule has 0 saturated carbocycles. The van der Waals surface area contributed by atoms with Gasteiger partial charge in [0.2, 0.25) is 0 Å². The van der Waals surface area contributed by atoms with E-state index in [-0.39, 0.29) is 5.92 Å².